The third kappa shape index (κ3) is 2.69. The lowest BCUT2D eigenvalue weighted by Gasteiger charge is -2.33. The number of carbonyl (C=O) groups excluding carboxylic acids is 1. The minimum atomic E-state index is -0.139. The summed E-state index contributed by atoms with van der Waals surface area (Å²) in [4.78, 5) is 17.6. The van der Waals surface area contributed by atoms with Gasteiger partial charge in [-0.3, -0.25) is 9.78 Å². The molecular formula is C12H15ClN2O2. The molecule has 0 aromatic carbocycles. The minimum Gasteiger partial charge on any atom is -0.469 e. The number of methoxy groups -OCH3 is 1. The molecule has 5 heteroatoms. The number of hydrogen-bond donors (Lipinski definition) is 0. The number of ether oxygens (including phenoxy) is 1. The molecule has 0 saturated carbocycles. The van der Waals surface area contributed by atoms with Crippen LogP contribution in [0.1, 0.15) is 12.8 Å². The molecule has 1 aliphatic heterocycles. The van der Waals surface area contributed by atoms with Crippen molar-refractivity contribution in [1.82, 2.24) is 4.98 Å². The van der Waals surface area contributed by atoms with Gasteiger partial charge < -0.3 is 9.64 Å². The molecule has 92 valence electrons. The van der Waals surface area contributed by atoms with Crippen LogP contribution in [0.5, 0.6) is 0 Å². The maximum absolute atomic E-state index is 11.5. The molecule has 1 fully saturated rings. The number of carbonyl (C=O) groups is 1. The highest BCUT2D eigenvalue weighted by atomic mass is 35.5. The number of rotatable bonds is 2. The van der Waals surface area contributed by atoms with E-state index in [1.54, 1.807) is 12.4 Å². The molecule has 1 aromatic heterocycles. The molecule has 2 heterocycles. The second-order valence-corrected chi connectivity index (χ2v) is 4.54. The molecule has 2 rings (SSSR count). The number of pyridine rings is 1. The number of piperidine rings is 1. The SMILES string of the molecule is COC(=O)C1CCCN(c2ccncc2Cl)C1. The maximum atomic E-state index is 11.5. The Kier molecular flexibility index (Phi) is 3.84. The second-order valence-electron chi connectivity index (χ2n) is 4.14. The normalized spacial score (nSPS) is 20.1. The maximum Gasteiger partial charge on any atom is 0.310 e. The number of anilines is 1. The fourth-order valence-electron chi connectivity index (χ4n) is 2.18. The Morgan fingerprint density at radius 2 is 2.47 bits per heavy atom. The van der Waals surface area contributed by atoms with Gasteiger partial charge in [-0.15, -0.1) is 0 Å². The Morgan fingerprint density at radius 3 is 3.18 bits per heavy atom. The number of halogens is 1. The highest BCUT2D eigenvalue weighted by molar-refractivity contribution is 6.33. The Labute approximate surface area is 106 Å². The topological polar surface area (TPSA) is 42.4 Å². The molecule has 1 saturated heterocycles. The van der Waals surface area contributed by atoms with Gasteiger partial charge in [-0.05, 0) is 18.9 Å². The van der Waals surface area contributed by atoms with Crippen molar-refractivity contribution < 1.29 is 9.53 Å². The summed E-state index contributed by atoms with van der Waals surface area (Å²) in [5, 5.41) is 0.623. The van der Waals surface area contributed by atoms with Crippen molar-refractivity contribution in [2.45, 2.75) is 12.8 Å². The average molecular weight is 255 g/mol. The molecule has 0 spiro atoms. The lowest BCUT2D eigenvalue weighted by atomic mass is 9.98. The van der Waals surface area contributed by atoms with Crippen molar-refractivity contribution in [3.8, 4) is 0 Å². The van der Waals surface area contributed by atoms with Crippen LogP contribution in [0.3, 0.4) is 0 Å². The molecular weight excluding hydrogens is 240 g/mol. The average Bonchev–Trinajstić information content (AvgIpc) is 2.38. The molecule has 0 N–H and O–H groups in total. The van der Waals surface area contributed by atoms with Crippen LogP contribution >= 0.6 is 11.6 Å². The summed E-state index contributed by atoms with van der Waals surface area (Å²) in [5.74, 6) is -0.196. The second kappa shape index (κ2) is 5.36. The van der Waals surface area contributed by atoms with Gasteiger partial charge in [-0.2, -0.15) is 0 Å². The summed E-state index contributed by atoms with van der Waals surface area (Å²) in [5.41, 5.74) is 0.940. The van der Waals surface area contributed by atoms with Crippen LogP contribution in [0, 0.1) is 5.92 Å². The molecule has 0 amide bonds. The molecule has 4 nitrogen and oxygen atoms in total. The summed E-state index contributed by atoms with van der Waals surface area (Å²) >= 11 is 6.10. The fourth-order valence-corrected chi connectivity index (χ4v) is 2.42. The van der Waals surface area contributed by atoms with Gasteiger partial charge in [0.2, 0.25) is 0 Å². The lowest BCUT2D eigenvalue weighted by Crippen LogP contribution is -2.39. The third-order valence-electron chi connectivity index (χ3n) is 3.05. The van der Waals surface area contributed by atoms with E-state index in [0.717, 1.165) is 25.1 Å². The van der Waals surface area contributed by atoms with E-state index < -0.39 is 0 Å². The molecule has 1 aliphatic rings. The molecule has 1 atom stereocenters. The van der Waals surface area contributed by atoms with E-state index in [4.69, 9.17) is 16.3 Å². The number of aromatic nitrogens is 1. The summed E-state index contributed by atoms with van der Waals surface area (Å²) in [6.07, 6.45) is 5.19. The van der Waals surface area contributed by atoms with Crippen LogP contribution < -0.4 is 4.90 Å². The van der Waals surface area contributed by atoms with Gasteiger partial charge in [0.25, 0.3) is 0 Å². The monoisotopic (exact) mass is 254 g/mol. The fraction of sp³-hybridized carbons (Fsp3) is 0.500. The Morgan fingerprint density at radius 1 is 1.65 bits per heavy atom. The van der Waals surface area contributed by atoms with E-state index in [1.807, 2.05) is 6.07 Å². The largest absolute Gasteiger partial charge is 0.469 e. The van der Waals surface area contributed by atoms with E-state index in [-0.39, 0.29) is 11.9 Å². The molecule has 1 unspecified atom stereocenters. The van der Waals surface area contributed by atoms with E-state index in [2.05, 4.69) is 9.88 Å². The number of hydrogen-bond acceptors (Lipinski definition) is 4. The Bertz CT molecular complexity index is 411. The van der Waals surface area contributed by atoms with Crippen LogP contribution in [-0.4, -0.2) is 31.2 Å². The molecule has 0 bridgehead atoms. The van der Waals surface area contributed by atoms with Gasteiger partial charge in [0.15, 0.2) is 0 Å². The summed E-state index contributed by atoms with van der Waals surface area (Å²) < 4.78 is 4.79. The highest BCUT2D eigenvalue weighted by Crippen LogP contribution is 2.28. The van der Waals surface area contributed by atoms with Crippen LogP contribution in [0.25, 0.3) is 0 Å². The van der Waals surface area contributed by atoms with Crippen LogP contribution in [0.15, 0.2) is 18.5 Å². The first-order valence-electron chi connectivity index (χ1n) is 5.64. The molecule has 0 aliphatic carbocycles. The van der Waals surface area contributed by atoms with Gasteiger partial charge in [0, 0.05) is 25.5 Å². The smallest absolute Gasteiger partial charge is 0.310 e. The predicted molar refractivity (Wildman–Crippen MR) is 66.2 cm³/mol. The Hall–Kier alpha value is -1.29. The summed E-state index contributed by atoms with van der Waals surface area (Å²) in [6.45, 7) is 1.58. The molecule has 1 aromatic rings. The summed E-state index contributed by atoms with van der Waals surface area (Å²) in [6, 6.07) is 1.88. The first-order valence-corrected chi connectivity index (χ1v) is 6.02. The van der Waals surface area contributed by atoms with Crippen LogP contribution in [-0.2, 0) is 9.53 Å². The van der Waals surface area contributed by atoms with Gasteiger partial charge in [0.05, 0.1) is 23.7 Å². The molecule has 0 radical (unpaired) electrons. The zero-order chi connectivity index (χ0) is 12.3. The van der Waals surface area contributed by atoms with Crippen molar-refractivity contribution >= 4 is 23.3 Å². The van der Waals surface area contributed by atoms with E-state index in [9.17, 15) is 4.79 Å². The quantitative estimate of drug-likeness (QED) is 0.759. The Balaban J connectivity index is 2.12. The van der Waals surface area contributed by atoms with Crippen molar-refractivity contribution in [3.05, 3.63) is 23.5 Å². The van der Waals surface area contributed by atoms with Crippen LogP contribution in [0.4, 0.5) is 5.69 Å². The van der Waals surface area contributed by atoms with E-state index in [0.29, 0.717) is 11.6 Å². The first kappa shape index (κ1) is 12.2. The van der Waals surface area contributed by atoms with Gasteiger partial charge in [-0.1, -0.05) is 11.6 Å². The third-order valence-corrected chi connectivity index (χ3v) is 3.34. The van der Waals surface area contributed by atoms with Gasteiger partial charge in [-0.25, -0.2) is 0 Å². The molecule has 17 heavy (non-hydrogen) atoms. The standard InChI is InChI=1S/C12H15ClN2O2/c1-17-12(16)9-3-2-6-15(8-9)11-4-5-14-7-10(11)13/h4-5,7,9H,2-3,6,8H2,1H3. The zero-order valence-corrected chi connectivity index (χ0v) is 10.5. The van der Waals surface area contributed by atoms with Crippen LogP contribution in [0.2, 0.25) is 5.02 Å². The summed E-state index contributed by atoms with van der Waals surface area (Å²) in [7, 11) is 1.43. The zero-order valence-electron chi connectivity index (χ0n) is 9.73. The van der Waals surface area contributed by atoms with Gasteiger partial charge >= 0.3 is 5.97 Å². The van der Waals surface area contributed by atoms with E-state index in [1.165, 1.54) is 7.11 Å². The van der Waals surface area contributed by atoms with E-state index >= 15 is 0 Å². The van der Waals surface area contributed by atoms with Gasteiger partial charge in [0.1, 0.15) is 0 Å². The number of nitrogens with zero attached hydrogens (tertiary/aromatic N) is 2. The van der Waals surface area contributed by atoms with Crippen molar-refractivity contribution in [2.24, 2.45) is 5.92 Å². The van der Waals surface area contributed by atoms with Crippen molar-refractivity contribution in [2.75, 3.05) is 25.1 Å². The van der Waals surface area contributed by atoms with Crippen molar-refractivity contribution in [1.29, 1.82) is 0 Å². The van der Waals surface area contributed by atoms with Crippen molar-refractivity contribution in [3.63, 3.8) is 0 Å². The minimum absolute atomic E-state index is 0.0574. The predicted octanol–water partition coefficient (Wildman–Crippen LogP) is 2.12. The number of esters is 1. The first-order chi connectivity index (χ1) is 8.22. The highest BCUT2D eigenvalue weighted by Gasteiger charge is 2.27. The lowest BCUT2D eigenvalue weighted by molar-refractivity contribution is -0.145.